The van der Waals surface area contributed by atoms with Crippen LogP contribution in [0.3, 0.4) is 0 Å². The zero-order chi connectivity index (χ0) is 15.8. The van der Waals surface area contributed by atoms with Crippen LogP contribution in [0.1, 0.15) is 37.6 Å². The third-order valence-electron chi connectivity index (χ3n) is 3.43. The first-order valence-electron chi connectivity index (χ1n) is 7.60. The van der Waals surface area contributed by atoms with Crippen LogP contribution in [0.2, 0.25) is 0 Å². The van der Waals surface area contributed by atoms with Gasteiger partial charge in [0.05, 0.1) is 23.8 Å². The normalized spacial score (nSPS) is 11.1. The van der Waals surface area contributed by atoms with Crippen LogP contribution >= 0.6 is 0 Å². The van der Waals surface area contributed by atoms with Gasteiger partial charge < -0.3 is 0 Å². The maximum atomic E-state index is 12.9. The molecule has 0 amide bonds. The van der Waals surface area contributed by atoms with Crippen LogP contribution in [0.5, 0.6) is 0 Å². The number of rotatable bonds is 8. The van der Waals surface area contributed by atoms with E-state index in [2.05, 4.69) is 21.8 Å². The lowest BCUT2D eigenvalue weighted by molar-refractivity contribution is 0.245. The van der Waals surface area contributed by atoms with E-state index in [1.807, 2.05) is 0 Å². The smallest absolute Gasteiger partial charge is 0.141 e. The van der Waals surface area contributed by atoms with Crippen molar-refractivity contribution in [1.82, 2.24) is 14.9 Å². The number of pyridine rings is 2. The third-order valence-corrected chi connectivity index (χ3v) is 3.43. The maximum Gasteiger partial charge on any atom is 0.141 e. The van der Waals surface area contributed by atoms with Crippen molar-refractivity contribution in [2.75, 3.05) is 6.54 Å². The Labute approximate surface area is 130 Å². The summed E-state index contributed by atoms with van der Waals surface area (Å²) in [5, 5.41) is 0. The van der Waals surface area contributed by atoms with Gasteiger partial charge >= 0.3 is 0 Å². The van der Waals surface area contributed by atoms with Crippen LogP contribution in [-0.2, 0) is 13.1 Å². The highest BCUT2D eigenvalue weighted by molar-refractivity contribution is 5.07. The van der Waals surface area contributed by atoms with Gasteiger partial charge in [0.25, 0.3) is 0 Å². The molecule has 2 heterocycles. The summed E-state index contributed by atoms with van der Waals surface area (Å²) in [6, 6.07) is 6.23. The summed E-state index contributed by atoms with van der Waals surface area (Å²) in [4.78, 5) is 10.4. The molecule has 0 saturated heterocycles. The fraction of sp³-hybridized carbons (Fsp3) is 0.412. The van der Waals surface area contributed by atoms with E-state index in [-0.39, 0.29) is 11.6 Å². The largest absolute Gasteiger partial charge is 0.292 e. The standard InChI is InChI=1S/C17H21F2N3/c1-2-3-4-9-22(12-16-7-5-14(18)10-20-16)13-17-8-6-15(19)11-21-17/h5-8,10-11H,2-4,9,12-13H2,1H3. The van der Waals surface area contributed by atoms with Crippen LogP contribution < -0.4 is 0 Å². The molecule has 2 rings (SSSR count). The SMILES string of the molecule is CCCCCN(Cc1ccc(F)cn1)Cc1ccc(F)cn1. The summed E-state index contributed by atoms with van der Waals surface area (Å²) in [7, 11) is 0. The average molecular weight is 305 g/mol. The average Bonchev–Trinajstić information content (AvgIpc) is 2.52. The molecule has 2 aromatic rings. The van der Waals surface area contributed by atoms with Crippen molar-refractivity contribution in [2.24, 2.45) is 0 Å². The van der Waals surface area contributed by atoms with E-state index in [9.17, 15) is 8.78 Å². The molecule has 0 aliphatic heterocycles. The lowest BCUT2D eigenvalue weighted by Crippen LogP contribution is -2.25. The molecule has 0 saturated carbocycles. The molecule has 3 nitrogen and oxygen atoms in total. The van der Waals surface area contributed by atoms with Crippen molar-refractivity contribution in [2.45, 2.75) is 39.3 Å². The van der Waals surface area contributed by atoms with Gasteiger partial charge in [0.15, 0.2) is 0 Å². The first-order chi connectivity index (χ1) is 10.7. The van der Waals surface area contributed by atoms with Gasteiger partial charge in [0.1, 0.15) is 11.6 Å². The second-order valence-corrected chi connectivity index (χ2v) is 5.35. The van der Waals surface area contributed by atoms with E-state index >= 15 is 0 Å². The van der Waals surface area contributed by atoms with Crippen LogP contribution in [0, 0.1) is 11.6 Å². The minimum absolute atomic E-state index is 0.332. The number of halogens is 2. The number of nitrogens with zero attached hydrogens (tertiary/aromatic N) is 3. The molecular formula is C17H21F2N3. The number of hydrogen-bond donors (Lipinski definition) is 0. The summed E-state index contributed by atoms with van der Waals surface area (Å²) in [6.45, 7) is 4.32. The quantitative estimate of drug-likeness (QED) is 0.692. The first kappa shape index (κ1) is 16.5. The molecule has 5 heteroatoms. The van der Waals surface area contributed by atoms with E-state index in [1.54, 1.807) is 12.1 Å². The number of hydrogen-bond acceptors (Lipinski definition) is 3. The van der Waals surface area contributed by atoms with E-state index < -0.39 is 0 Å². The first-order valence-corrected chi connectivity index (χ1v) is 7.60. The summed E-state index contributed by atoms with van der Waals surface area (Å²) in [5.74, 6) is -0.664. The van der Waals surface area contributed by atoms with Gasteiger partial charge in [0, 0.05) is 13.1 Å². The number of unbranched alkanes of at least 4 members (excludes halogenated alkanes) is 2. The van der Waals surface area contributed by atoms with Crippen molar-refractivity contribution in [3.63, 3.8) is 0 Å². The van der Waals surface area contributed by atoms with Crippen molar-refractivity contribution in [1.29, 1.82) is 0 Å². The lowest BCUT2D eigenvalue weighted by Gasteiger charge is -2.21. The molecule has 0 N–H and O–H groups in total. The van der Waals surface area contributed by atoms with Gasteiger partial charge in [-0.25, -0.2) is 8.78 Å². The molecule has 0 bridgehead atoms. The summed E-state index contributed by atoms with van der Waals surface area (Å²) >= 11 is 0. The highest BCUT2D eigenvalue weighted by atomic mass is 19.1. The third kappa shape index (κ3) is 5.48. The molecule has 0 aromatic carbocycles. The fourth-order valence-corrected chi connectivity index (χ4v) is 2.26. The van der Waals surface area contributed by atoms with Gasteiger partial charge in [0.2, 0.25) is 0 Å². The number of aromatic nitrogens is 2. The van der Waals surface area contributed by atoms with Crippen LogP contribution in [0.25, 0.3) is 0 Å². The van der Waals surface area contributed by atoms with Crippen LogP contribution in [0.15, 0.2) is 36.7 Å². The molecule has 0 radical (unpaired) electrons. The predicted octanol–water partition coefficient (Wildman–Crippen LogP) is 3.95. The Morgan fingerprint density at radius 1 is 0.864 bits per heavy atom. The van der Waals surface area contributed by atoms with E-state index in [1.165, 1.54) is 24.5 Å². The topological polar surface area (TPSA) is 29.0 Å². The molecule has 0 fully saturated rings. The van der Waals surface area contributed by atoms with Gasteiger partial charge in [-0.2, -0.15) is 0 Å². The molecule has 22 heavy (non-hydrogen) atoms. The van der Waals surface area contributed by atoms with E-state index in [0.29, 0.717) is 13.1 Å². The van der Waals surface area contributed by atoms with Crippen molar-refractivity contribution in [3.8, 4) is 0 Å². The van der Waals surface area contributed by atoms with Crippen molar-refractivity contribution in [3.05, 3.63) is 59.7 Å². The Bertz CT molecular complexity index is 508. The Hall–Kier alpha value is -1.88. The molecule has 0 aliphatic rings. The Morgan fingerprint density at radius 2 is 1.41 bits per heavy atom. The molecule has 0 atom stereocenters. The fourth-order valence-electron chi connectivity index (χ4n) is 2.26. The minimum Gasteiger partial charge on any atom is -0.292 e. The summed E-state index contributed by atoms with van der Waals surface area (Å²) in [6.07, 6.45) is 5.85. The predicted molar refractivity (Wildman–Crippen MR) is 82.0 cm³/mol. The molecule has 0 spiro atoms. The van der Waals surface area contributed by atoms with E-state index in [0.717, 1.165) is 37.2 Å². The van der Waals surface area contributed by atoms with Gasteiger partial charge in [-0.3, -0.25) is 14.9 Å². The molecular weight excluding hydrogens is 284 g/mol. The second kappa shape index (κ2) is 8.54. The van der Waals surface area contributed by atoms with Crippen LogP contribution in [-0.4, -0.2) is 21.4 Å². The van der Waals surface area contributed by atoms with Crippen LogP contribution in [0.4, 0.5) is 8.78 Å². The molecule has 2 aromatic heterocycles. The Balaban J connectivity index is 2.01. The van der Waals surface area contributed by atoms with Crippen molar-refractivity contribution >= 4 is 0 Å². The maximum absolute atomic E-state index is 12.9. The van der Waals surface area contributed by atoms with Gasteiger partial charge in [-0.1, -0.05) is 19.8 Å². The molecule has 0 unspecified atom stereocenters. The second-order valence-electron chi connectivity index (χ2n) is 5.35. The Kier molecular flexibility index (Phi) is 6.40. The van der Waals surface area contributed by atoms with Crippen molar-refractivity contribution < 1.29 is 8.78 Å². The lowest BCUT2D eigenvalue weighted by atomic mass is 10.2. The van der Waals surface area contributed by atoms with Gasteiger partial charge in [-0.15, -0.1) is 0 Å². The highest BCUT2D eigenvalue weighted by Gasteiger charge is 2.09. The molecule has 118 valence electrons. The zero-order valence-corrected chi connectivity index (χ0v) is 12.8. The minimum atomic E-state index is -0.332. The molecule has 0 aliphatic carbocycles. The summed E-state index contributed by atoms with van der Waals surface area (Å²) < 4.78 is 25.9. The van der Waals surface area contributed by atoms with E-state index in [4.69, 9.17) is 0 Å². The zero-order valence-electron chi connectivity index (χ0n) is 12.8. The Morgan fingerprint density at radius 3 is 1.82 bits per heavy atom. The highest BCUT2D eigenvalue weighted by Crippen LogP contribution is 2.10. The van der Waals surface area contributed by atoms with Gasteiger partial charge in [-0.05, 0) is 37.2 Å². The monoisotopic (exact) mass is 305 g/mol. The summed E-state index contributed by atoms with van der Waals surface area (Å²) in [5.41, 5.74) is 1.64.